The minimum Gasteiger partial charge on any atom is -0.466 e. The van der Waals surface area contributed by atoms with E-state index in [2.05, 4.69) is 13.8 Å². The first-order valence-corrected chi connectivity index (χ1v) is 15.2. The van der Waals surface area contributed by atoms with Crippen LogP contribution in [0.25, 0.3) is 0 Å². The predicted octanol–water partition coefficient (Wildman–Crippen LogP) is 7.87. The van der Waals surface area contributed by atoms with Crippen molar-refractivity contribution in [3.63, 3.8) is 0 Å². The number of hydrogen-bond acceptors (Lipinski definition) is 5. The number of carbonyl (C=O) groups is 1. The second-order valence-corrected chi connectivity index (χ2v) is 10.1. The van der Waals surface area contributed by atoms with Crippen LogP contribution in [0.2, 0.25) is 0 Å². The van der Waals surface area contributed by atoms with Gasteiger partial charge in [0.2, 0.25) is 0 Å². The Kier molecular flexibility index (Phi) is 34.8. The molecule has 0 unspecified atom stereocenters. The van der Waals surface area contributed by atoms with Crippen LogP contribution in [0.4, 0.5) is 0 Å². The Balaban J connectivity index is 0. The van der Waals surface area contributed by atoms with Gasteiger partial charge in [-0.15, -0.1) is 0 Å². The molecule has 0 rings (SSSR count). The molecule has 0 spiro atoms. The third-order valence-electron chi connectivity index (χ3n) is 6.42. The molecule has 0 aromatic heterocycles. The first-order valence-electron chi connectivity index (χ1n) is 15.2. The number of aliphatic hydroxyl groups excluding tert-OH is 3. The SMILES string of the molecule is CCCCCCCCCCCCCOC(=O)CCCCCCCCCCCCC.OCC(O)CO. The van der Waals surface area contributed by atoms with E-state index in [1.165, 1.54) is 128 Å². The average molecular weight is 503 g/mol. The third kappa shape index (κ3) is 35.6. The van der Waals surface area contributed by atoms with E-state index in [1.807, 2.05) is 0 Å². The standard InChI is InChI=1S/C27H54O2.C3H8O3/c1-3-5-7-9-11-13-15-17-19-21-23-25-27(28)29-26-24-22-20-18-16-14-12-10-8-6-4-2;4-1-3(6)2-5/h3-26H2,1-2H3;3-6H,1-2H2. The number of unbranched alkanes of at least 4 members (excludes halogenated alkanes) is 20. The summed E-state index contributed by atoms with van der Waals surface area (Å²) < 4.78 is 5.38. The lowest BCUT2D eigenvalue weighted by Gasteiger charge is -2.06. The second-order valence-electron chi connectivity index (χ2n) is 10.1. The van der Waals surface area contributed by atoms with Gasteiger partial charge in [-0.3, -0.25) is 4.79 Å². The van der Waals surface area contributed by atoms with Crippen LogP contribution >= 0.6 is 0 Å². The molecule has 0 aliphatic heterocycles. The van der Waals surface area contributed by atoms with Gasteiger partial charge >= 0.3 is 5.97 Å². The molecular weight excluding hydrogens is 440 g/mol. The van der Waals surface area contributed by atoms with Crippen LogP contribution in [0, 0.1) is 0 Å². The third-order valence-corrected chi connectivity index (χ3v) is 6.42. The fourth-order valence-corrected chi connectivity index (χ4v) is 4.02. The van der Waals surface area contributed by atoms with Crippen LogP contribution < -0.4 is 0 Å². The molecule has 0 radical (unpaired) electrons. The summed E-state index contributed by atoms with van der Waals surface area (Å²) in [6.07, 6.45) is 28.9. The van der Waals surface area contributed by atoms with Crippen molar-refractivity contribution >= 4 is 5.97 Å². The van der Waals surface area contributed by atoms with Crippen molar-refractivity contribution in [1.29, 1.82) is 0 Å². The average Bonchev–Trinajstić information content (AvgIpc) is 2.87. The summed E-state index contributed by atoms with van der Waals surface area (Å²) in [5.41, 5.74) is 0. The van der Waals surface area contributed by atoms with E-state index in [9.17, 15) is 4.79 Å². The molecule has 5 heteroatoms. The molecule has 212 valence electrons. The smallest absolute Gasteiger partial charge is 0.305 e. The van der Waals surface area contributed by atoms with Crippen LogP contribution in [0.15, 0.2) is 0 Å². The van der Waals surface area contributed by atoms with E-state index in [0.29, 0.717) is 13.0 Å². The maximum absolute atomic E-state index is 11.8. The highest BCUT2D eigenvalue weighted by atomic mass is 16.5. The molecule has 0 heterocycles. The number of rotatable bonds is 26. The summed E-state index contributed by atoms with van der Waals surface area (Å²) in [6.45, 7) is 4.45. The van der Waals surface area contributed by atoms with Crippen molar-refractivity contribution in [1.82, 2.24) is 0 Å². The largest absolute Gasteiger partial charge is 0.466 e. The number of carbonyl (C=O) groups excluding carboxylic acids is 1. The molecule has 0 saturated heterocycles. The quantitative estimate of drug-likeness (QED) is 0.0827. The zero-order valence-corrected chi connectivity index (χ0v) is 23.6. The monoisotopic (exact) mass is 502 g/mol. The van der Waals surface area contributed by atoms with Gasteiger partial charge in [-0.2, -0.15) is 0 Å². The van der Waals surface area contributed by atoms with Crippen LogP contribution in [-0.2, 0) is 9.53 Å². The Morgan fingerprint density at radius 2 is 0.857 bits per heavy atom. The van der Waals surface area contributed by atoms with E-state index >= 15 is 0 Å². The molecule has 0 atom stereocenters. The molecular formula is C30H62O5. The molecule has 0 saturated carbocycles. The fraction of sp³-hybridized carbons (Fsp3) is 0.967. The van der Waals surface area contributed by atoms with Crippen molar-refractivity contribution in [3.8, 4) is 0 Å². The molecule has 0 aliphatic rings. The minimum atomic E-state index is -0.954. The molecule has 0 aromatic rings. The molecule has 0 aromatic carbocycles. The zero-order chi connectivity index (χ0) is 26.2. The van der Waals surface area contributed by atoms with E-state index in [1.54, 1.807) is 0 Å². The van der Waals surface area contributed by atoms with E-state index in [4.69, 9.17) is 20.1 Å². The van der Waals surface area contributed by atoms with Crippen LogP contribution in [0.5, 0.6) is 0 Å². The van der Waals surface area contributed by atoms with Gasteiger partial charge in [0.05, 0.1) is 19.8 Å². The molecule has 0 amide bonds. The van der Waals surface area contributed by atoms with Crippen molar-refractivity contribution in [2.24, 2.45) is 0 Å². The maximum atomic E-state index is 11.8. The van der Waals surface area contributed by atoms with Crippen LogP contribution in [0.1, 0.15) is 162 Å². The highest BCUT2D eigenvalue weighted by Gasteiger charge is 2.02. The van der Waals surface area contributed by atoms with Crippen molar-refractivity contribution in [3.05, 3.63) is 0 Å². The van der Waals surface area contributed by atoms with E-state index in [-0.39, 0.29) is 19.2 Å². The Morgan fingerprint density at radius 1 is 0.543 bits per heavy atom. The first kappa shape index (κ1) is 36.5. The summed E-state index contributed by atoms with van der Waals surface area (Å²) in [4.78, 5) is 11.8. The van der Waals surface area contributed by atoms with Gasteiger partial charge in [0, 0.05) is 6.42 Å². The fourth-order valence-electron chi connectivity index (χ4n) is 4.02. The molecule has 3 N–H and O–H groups in total. The lowest BCUT2D eigenvalue weighted by molar-refractivity contribution is -0.143. The molecule has 0 fully saturated rings. The van der Waals surface area contributed by atoms with E-state index < -0.39 is 6.10 Å². The summed E-state index contributed by atoms with van der Waals surface area (Å²) in [7, 11) is 0. The van der Waals surface area contributed by atoms with Gasteiger partial charge in [-0.05, 0) is 12.8 Å². The van der Waals surface area contributed by atoms with Gasteiger partial charge in [-0.25, -0.2) is 0 Å². The number of ether oxygens (including phenoxy) is 1. The Labute approximate surface area is 218 Å². The summed E-state index contributed by atoms with van der Waals surface area (Å²) in [5.74, 6) is 0.0213. The summed E-state index contributed by atoms with van der Waals surface area (Å²) >= 11 is 0. The highest BCUT2D eigenvalue weighted by Crippen LogP contribution is 2.13. The lowest BCUT2D eigenvalue weighted by atomic mass is 10.1. The van der Waals surface area contributed by atoms with Crippen LogP contribution in [-0.4, -0.2) is 47.2 Å². The van der Waals surface area contributed by atoms with Gasteiger partial charge in [-0.1, -0.05) is 142 Å². The molecule has 0 bridgehead atoms. The van der Waals surface area contributed by atoms with Gasteiger partial charge < -0.3 is 20.1 Å². The van der Waals surface area contributed by atoms with Gasteiger partial charge in [0.1, 0.15) is 6.10 Å². The Hall–Kier alpha value is -0.650. The van der Waals surface area contributed by atoms with Gasteiger partial charge in [0.15, 0.2) is 0 Å². The maximum Gasteiger partial charge on any atom is 0.305 e. The predicted molar refractivity (Wildman–Crippen MR) is 149 cm³/mol. The zero-order valence-electron chi connectivity index (χ0n) is 23.6. The number of esters is 1. The number of hydrogen-bond donors (Lipinski definition) is 3. The molecule has 5 nitrogen and oxygen atoms in total. The van der Waals surface area contributed by atoms with Gasteiger partial charge in [0.25, 0.3) is 0 Å². The topological polar surface area (TPSA) is 87.0 Å². The van der Waals surface area contributed by atoms with Crippen molar-refractivity contribution in [2.75, 3.05) is 19.8 Å². The normalized spacial score (nSPS) is 10.9. The Bertz CT molecular complexity index is 385. The molecule has 35 heavy (non-hydrogen) atoms. The summed E-state index contributed by atoms with van der Waals surface area (Å²) in [6, 6.07) is 0. The van der Waals surface area contributed by atoms with Crippen molar-refractivity contribution in [2.45, 2.75) is 168 Å². The summed E-state index contributed by atoms with van der Waals surface area (Å²) in [5, 5.41) is 24.0. The van der Waals surface area contributed by atoms with Crippen molar-refractivity contribution < 1.29 is 24.9 Å². The first-order chi connectivity index (χ1) is 17.1. The van der Waals surface area contributed by atoms with Crippen LogP contribution in [0.3, 0.4) is 0 Å². The molecule has 0 aliphatic carbocycles. The Morgan fingerprint density at radius 3 is 1.17 bits per heavy atom. The number of aliphatic hydroxyl groups is 3. The van der Waals surface area contributed by atoms with E-state index in [0.717, 1.165) is 12.8 Å². The lowest BCUT2D eigenvalue weighted by Crippen LogP contribution is -2.15. The second kappa shape index (κ2) is 33.4. The highest BCUT2D eigenvalue weighted by molar-refractivity contribution is 5.69. The minimum absolute atomic E-state index is 0.0213.